The molecule has 0 amide bonds. The van der Waals surface area contributed by atoms with Crippen molar-refractivity contribution in [3.05, 3.63) is 11.6 Å². The normalized spacial score (nSPS) is 54.7. The highest BCUT2D eigenvalue weighted by Crippen LogP contribution is 2.75. The van der Waals surface area contributed by atoms with Gasteiger partial charge in [-0.3, -0.25) is 9.59 Å². The number of aliphatic hydroxyl groups is 1. The molecular weight excluding hydrogens is 424 g/mol. The number of ketones is 1. The molecule has 0 unspecified atom stereocenters. The molecule has 5 aliphatic carbocycles. The van der Waals surface area contributed by atoms with Gasteiger partial charge in [-0.1, -0.05) is 53.2 Å². The minimum Gasteiger partial charge on any atom is -0.481 e. The number of carbonyl (C=O) groups excluding carboxylic acids is 1. The number of rotatable bonds is 2. The van der Waals surface area contributed by atoms with Crippen molar-refractivity contribution in [3.63, 3.8) is 0 Å². The van der Waals surface area contributed by atoms with Gasteiger partial charge < -0.3 is 10.2 Å². The molecule has 0 bridgehead atoms. The van der Waals surface area contributed by atoms with Gasteiger partial charge >= 0.3 is 5.97 Å². The van der Waals surface area contributed by atoms with E-state index in [0.29, 0.717) is 24.2 Å². The Morgan fingerprint density at radius 1 is 1.00 bits per heavy atom. The number of aliphatic carboxylic acids is 1. The summed E-state index contributed by atoms with van der Waals surface area (Å²) in [5.74, 6) is 1.41. The number of aliphatic hydroxyl groups excluding tert-OH is 1. The molecule has 10 atom stereocenters. The lowest BCUT2D eigenvalue weighted by Gasteiger charge is -2.70. The first-order valence-corrected chi connectivity index (χ1v) is 13.9. The Kier molecular flexibility index (Phi) is 5.36. The van der Waals surface area contributed by atoms with E-state index in [2.05, 4.69) is 40.7 Å². The first kappa shape index (κ1) is 24.5. The number of Topliss-reactive ketones (excluding diaryl/α,β-unsaturated/α-hetero) is 1. The van der Waals surface area contributed by atoms with E-state index in [1.807, 2.05) is 6.92 Å². The number of allylic oxidation sites excluding steroid dienone is 2. The second-order valence-electron chi connectivity index (χ2n) is 14.1. The first-order valence-electron chi connectivity index (χ1n) is 13.9. The van der Waals surface area contributed by atoms with Crippen molar-refractivity contribution in [2.24, 2.45) is 56.7 Å². The number of carboxylic acid groups (broad SMARTS) is 1. The van der Waals surface area contributed by atoms with Crippen molar-refractivity contribution in [1.29, 1.82) is 0 Å². The Labute approximate surface area is 206 Å². The van der Waals surface area contributed by atoms with Crippen molar-refractivity contribution in [2.45, 2.75) is 99.3 Å². The first-order chi connectivity index (χ1) is 15.8. The van der Waals surface area contributed by atoms with Crippen LogP contribution in [0.15, 0.2) is 11.6 Å². The summed E-state index contributed by atoms with van der Waals surface area (Å²) in [4.78, 5) is 25.8. The molecule has 5 aliphatic rings. The largest absolute Gasteiger partial charge is 0.481 e. The van der Waals surface area contributed by atoms with Crippen LogP contribution in [-0.2, 0) is 9.59 Å². The fourth-order valence-corrected chi connectivity index (χ4v) is 10.7. The van der Waals surface area contributed by atoms with E-state index in [4.69, 9.17) is 0 Å². The van der Waals surface area contributed by atoms with Crippen molar-refractivity contribution < 1.29 is 19.8 Å². The number of fused-ring (bicyclic) bond motifs is 7. The molecular formula is C30H46O4. The van der Waals surface area contributed by atoms with E-state index < -0.39 is 16.8 Å². The number of hydrogen-bond acceptors (Lipinski definition) is 3. The highest BCUT2D eigenvalue weighted by molar-refractivity contribution is 5.86. The maximum Gasteiger partial charge on any atom is 0.310 e. The molecule has 4 heteroatoms. The van der Waals surface area contributed by atoms with Crippen LogP contribution in [0, 0.1) is 56.7 Å². The molecule has 0 radical (unpaired) electrons. The number of carboxylic acids is 1. The fourth-order valence-electron chi connectivity index (χ4n) is 10.7. The molecule has 0 aromatic carbocycles. The third-order valence-electron chi connectivity index (χ3n) is 13.3. The van der Waals surface area contributed by atoms with Gasteiger partial charge in [0.05, 0.1) is 17.4 Å². The van der Waals surface area contributed by atoms with Gasteiger partial charge in [0.1, 0.15) is 5.78 Å². The van der Waals surface area contributed by atoms with Gasteiger partial charge in [0, 0.05) is 6.42 Å². The van der Waals surface area contributed by atoms with Crippen molar-refractivity contribution in [2.75, 3.05) is 6.61 Å². The topological polar surface area (TPSA) is 74.6 Å². The highest BCUT2D eigenvalue weighted by Gasteiger charge is 2.69. The summed E-state index contributed by atoms with van der Waals surface area (Å²) in [6.07, 6.45) is 10.6. The SMILES string of the molecule is C[C@H]1[C@H](C)CC[C@]2(C(=O)O)CC[C@]3(C)C(=CC[C@H]4[C@@]5(C)CCC(=O)[C@](C)(CO)[C@@H]5CC[C@]43C)[C@H]12. The van der Waals surface area contributed by atoms with E-state index in [1.165, 1.54) is 5.57 Å². The van der Waals surface area contributed by atoms with Gasteiger partial charge in [-0.25, -0.2) is 0 Å². The monoisotopic (exact) mass is 470 g/mol. The molecule has 0 aliphatic heterocycles. The predicted octanol–water partition coefficient (Wildman–Crippen LogP) is 6.27. The van der Waals surface area contributed by atoms with Crippen LogP contribution in [0.1, 0.15) is 99.3 Å². The quantitative estimate of drug-likeness (QED) is 0.466. The summed E-state index contributed by atoms with van der Waals surface area (Å²) < 4.78 is 0. The minimum atomic E-state index is -0.627. The maximum absolute atomic E-state index is 13.0. The Hall–Kier alpha value is -1.16. The molecule has 5 rings (SSSR count). The fraction of sp³-hybridized carbons (Fsp3) is 0.867. The van der Waals surface area contributed by atoms with Crippen LogP contribution < -0.4 is 0 Å². The molecule has 0 aromatic rings. The van der Waals surface area contributed by atoms with Gasteiger partial charge in [-0.2, -0.15) is 0 Å². The summed E-state index contributed by atoms with van der Waals surface area (Å²) in [5, 5.41) is 20.9. The molecule has 34 heavy (non-hydrogen) atoms. The molecule has 4 nitrogen and oxygen atoms in total. The molecule has 0 aromatic heterocycles. The summed E-state index contributed by atoms with van der Waals surface area (Å²) in [6, 6.07) is 0. The molecule has 0 spiro atoms. The van der Waals surface area contributed by atoms with Crippen LogP contribution in [0.4, 0.5) is 0 Å². The number of hydrogen-bond donors (Lipinski definition) is 2. The summed E-state index contributed by atoms with van der Waals surface area (Å²) in [6.45, 7) is 14.0. The summed E-state index contributed by atoms with van der Waals surface area (Å²) in [5.41, 5.74) is 0.333. The second-order valence-corrected chi connectivity index (χ2v) is 14.1. The smallest absolute Gasteiger partial charge is 0.310 e. The lowest BCUT2D eigenvalue weighted by atomic mass is 9.33. The summed E-state index contributed by atoms with van der Waals surface area (Å²) in [7, 11) is 0. The lowest BCUT2D eigenvalue weighted by Crippen LogP contribution is -2.65. The van der Waals surface area contributed by atoms with Gasteiger partial charge in [0.15, 0.2) is 0 Å². The zero-order chi connectivity index (χ0) is 24.9. The minimum absolute atomic E-state index is 0.00406. The Morgan fingerprint density at radius 2 is 1.71 bits per heavy atom. The van der Waals surface area contributed by atoms with Crippen LogP contribution in [-0.4, -0.2) is 28.6 Å². The van der Waals surface area contributed by atoms with Gasteiger partial charge in [-0.15, -0.1) is 0 Å². The molecule has 0 saturated heterocycles. The van der Waals surface area contributed by atoms with Crippen LogP contribution in [0.2, 0.25) is 0 Å². The van der Waals surface area contributed by atoms with Crippen molar-refractivity contribution in [3.8, 4) is 0 Å². The van der Waals surface area contributed by atoms with E-state index in [0.717, 1.165) is 51.4 Å². The highest BCUT2D eigenvalue weighted by atomic mass is 16.4. The zero-order valence-electron chi connectivity index (χ0n) is 22.2. The van der Waals surface area contributed by atoms with E-state index in [9.17, 15) is 19.8 Å². The maximum atomic E-state index is 13.0. The van der Waals surface area contributed by atoms with Gasteiger partial charge in [0.2, 0.25) is 0 Å². The van der Waals surface area contributed by atoms with E-state index >= 15 is 0 Å². The van der Waals surface area contributed by atoms with Crippen LogP contribution in [0.3, 0.4) is 0 Å². The van der Waals surface area contributed by atoms with Gasteiger partial charge in [0.25, 0.3) is 0 Å². The predicted molar refractivity (Wildman–Crippen MR) is 133 cm³/mol. The molecule has 4 fully saturated rings. The van der Waals surface area contributed by atoms with E-state index in [-0.39, 0.29) is 40.5 Å². The standard InChI is InChI=1S/C30H46O4/c1-18-9-14-30(25(33)34)16-15-28(5)20(24(30)19(18)2)7-8-22-26(3)12-11-23(32)27(4,17-31)21(26)10-13-29(22,28)6/h7,18-19,21-22,24,31H,8-17H2,1-6H3,(H,33,34)/t18-,19+,21-,22+,24+,26+,27-,28-,29-,30+/m1/s1. The third kappa shape index (κ3) is 2.70. The average Bonchev–Trinajstić information content (AvgIpc) is 2.79. The zero-order valence-corrected chi connectivity index (χ0v) is 22.2. The lowest BCUT2D eigenvalue weighted by molar-refractivity contribution is -0.195. The van der Waals surface area contributed by atoms with Gasteiger partial charge in [-0.05, 0) is 97.2 Å². The summed E-state index contributed by atoms with van der Waals surface area (Å²) >= 11 is 0. The Balaban J connectivity index is 1.62. The second kappa shape index (κ2) is 7.43. The van der Waals surface area contributed by atoms with E-state index in [1.54, 1.807) is 0 Å². The molecule has 0 heterocycles. The van der Waals surface area contributed by atoms with Crippen LogP contribution in [0.5, 0.6) is 0 Å². The van der Waals surface area contributed by atoms with Crippen LogP contribution in [0.25, 0.3) is 0 Å². The number of carbonyl (C=O) groups is 2. The average molecular weight is 471 g/mol. The molecule has 2 N–H and O–H groups in total. The van der Waals surface area contributed by atoms with Crippen LogP contribution >= 0.6 is 0 Å². The molecule has 190 valence electrons. The Bertz CT molecular complexity index is 938. The third-order valence-corrected chi connectivity index (χ3v) is 13.3. The Morgan fingerprint density at radius 3 is 2.35 bits per heavy atom. The van der Waals surface area contributed by atoms with Crippen molar-refractivity contribution >= 4 is 11.8 Å². The van der Waals surface area contributed by atoms with Crippen molar-refractivity contribution in [1.82, 2.24) is 0 Å². The molecule has 4 saturated carbocycles.